The van der Waals surface area contributed by atoms with E-state index < -0.39 is 6.10 Å². The first-order valence-corrected chi connectivity index (χ1v) is 11.1. The van der Waals surface area contributed by atoms with Crippen molar-refractivity contribution in [1.29, 1.82) is 0 Å². The number of carbonyl (C=O) groups excluding carboxylic acids is 1. The predicted molar refractivity (Wildman–Crippen MR) is 122 cm³/mol. The summed E-state index contributed by atoms with van der Waals surface area (Å²) < 4.78 is 13.2. The number of ether oxygens (including phenoxy) is 2. The summed E-state index contributed by atoms with van der Waals surface area (Å²) in [4.78, 5) is 18.7. The Kier molecular flexibility index (Phi) is 7.29. The molecule has 170 valence electrons. The molecule has 1 aliphatic heterocycles. The zero-order chi connectivity index (χ0) is 22.3. The van der Waals surface area contributed by atoms with Crippen molar-refractivity contribution in [3.63, 3.8) is 0 Å². The Morgan fingerprint density at radius 3 is 2.59 bits per heavy atom. The van der Waals surface area contributed by atoms with E-state index in [4.69, 9.17) is 14.3 Å². The monoisotopic (exact) mass is 438 g/mol. The summed E-state index contributed by atoms with van der Waals surface area (Å²) in [6, 6.07) is 17.3. The summed E-state index contributed by atoms with van der Waals surface area (Å²) in [5, 5.41) is 11.3. The molecule has 1 N–H and O–H groups in total. The minimum absolute atomic E-state index is 0.203. The van der Waals surface area contributed by atoms with Gasteiger partial charge in [0.15, 0.2) is 0 Å². The molecule has 0 radical (unpaired) electrons. The summed E-state index contributed by atoms with van der Waals surface area (Å²) in [5.74, 6) is 1.73. The summed E-state index contributed by atoms with van der Waals surface area (Å²) in [7, 11) is 0. The number of piperidine rings is 1. The molecule has 4 rings (SSSR count). The molecule has 0 spiro atoms. The van der Waals surface area contributed by atoms with Gasteiger partial charge in [-0.25, -0.2) is 4.79 Å². The van der Waals surface area contributed by atoms with E-state index in [0.29, 0.717) is 18.2 Å². The van der Waals surface area contributed by atoms with E-state index in [-0.39, 0.29) is 12.6 Å². The van der Waals surface area contributed by atoms with Crippen LogP contribution in [0.1, 0.15) is 19.8 Å². The Morgan fingerprint density at radius 2 is 1.84 bits per heavy atom. The topological polar surface area (TPSA) is 73.2 Å². The molecule has 1 saturated heterocycles. The molecular formula is C25H30N2O5. The highest BCUT2D eigenvalue weighted by Gasteiger charge is 2.22. The van der Waals surface area contributed by atoms with Crippen molar-refractivity contribution < 1.29 is 24.2 Å². The molecule has 1 fully saturated rings. The zero-order valence-corrected chi connectivity index (χ0v) is 18.4. The van der Waals surface area contributed by atoms with Crippen molar-refractivity contribution in [2.75, 3.05) is 32.8 Å². The lowest BCUT2D eigenvalue weighted by atomic mass is 9.97. The lowest BCUT2D eigenvalue weighted by molar-refractivity contribution is -0.140. The van der Waals surface area contributed by atoms with Crippen molar-refractivity contribution in [2.45, 2.75) is 25.9 Å². The maximum Gasteiger partial charge on any atom is 0.329 e. The van der Waals surface area contributed by atoms with Gasteiger partial charge in [0.1, 0.15) is 24.2 Å². The Bertz CT molecular complexity index is 1010. The molecule has 0 saturated carbocycles. The molecular weight excluding hydrogens is 408 g/mol. The third kappa shape index (κ3) is 5.81. The van der Waals surface area contributed by atoms with Gasteiger partial charge in [-0.15, -0.1) is 0 Å². The molecule has 1 unspecified atom stereocenters. The fourth-order valence-corrected chi connectivity index (χ4v) is 4.06. The molecule has 3 aromatic rings. The van der Waals surface area contributed by atoms with Gasteiger partial charge < -0.3 is 24.3 Å². The van der Waals surface area contributed by atoms with Crippen LogP contribution < -0.4 is 14.3 Å². The second-order valence-electron chi connectivity index (χ2n) is 8.25. The molecule has 7 heteroatoms. The number of benzene rings is 2. The van der Waals surface area contributed by atoms with Gasteiger partial charge in [0.2, 0.25) is 0 Å². The summed E-state index contributed by atoms with van der Waals surface area (Å²) in [5.41, 5.74) is 0.743. The first-order valence-electron chi connectivity index (χ1n) is 11.1. The number of hydrogen-bond donors (Lipinski definition) is 1. The fraction of sp³-hybridized carbons (Fsp3) is 0.400. The molecule has 1 aliphatic rings. The Balaban J connectivity index is 1.21. The van der Waals surface area contributed by atoms with E-state index in [1.807, 2.05) is 54.6 Å². The third-order valence-corrected chi connectivity index (χ3v) is 5.72. The van der Waals surface area contributed by atoms with Gasteiger partial charge in [-0.2, -0.15) is 4.73 Å². The molecule has 0 bridgehead atoms. The second-order valence-corrected chi connectivity index (χ2v) is 8.25. The van der Waals surface area contributed by atoms with Crippen LogP contribution in [-0.4, -0.2) is 59.7 Å². The summed E-state index contributed by atoms with van der Waals surface area (Å²) in [6.07, 6.45) is 3.21. The number of β-amino-alcohol motifs (C(OH)–C–C–N with tert-alkyl or cyclic N) is 1. The zero-order valence-electron chi connectivity index (χ0n) is 18.4. The summed E-state index contributed by atoms with van der Waals surface area (Å²) in [6.45, 7) is 4.77. The number of rotatable bonds is 9. The number of aliphatic hydroxyl groups is 1. The van der Waals surface area contributed by atoms with Crippen molar-refractivity contribution in [1.82, 2.24) is 9.63 Å². The lowest BCUT2D eigenvalue weighted by Gasteiger charge is -2.33. The first kappa shape index (κ1) is 22.2. The lowest BCUT2D eigenvalue weighted by Crippen LogP contribution is -2.41. The van der Waals surface area contributed by atoms with Crippen molar-refractivity contribution in [2.24, 2.45) is 5.92 Å². The van der Waals surface area contributed by atoms with Crippen LogP contribution in [0.15, 0.2) is 60.8 Å². The number of nitrogens with zero attached hydrogens (tertiary/aromatic N) is 2. The smallest absolute Gasteiger partial charge is 0.329 e. The van der Waals surface area contributed by atoms with E-state index in [9.17, 15) is 9.90 Å². The van der Waals surface area contributed by atoms with Gasteiger partial charge in [0.05, 0.1) is 12.1 Å². The maximum absolute atomic E-state index is 11.2. The normalized spacial score (nSPS) is 16.1. The van der Waals surface area contributed by atoms with Gasteiger partial charge in [-0.05, 0) is 62.2 Å². The Labute approximate surface area is 188 Å². The minimum atomic E-state index is -0.585. The fourth-order valence-electron chi connectivity index (χ4n) is 4.06. The molecule has 2 aromatic carbocycles. The van der Waals surface area contributed by atoms with Gasteiger partial charge in [-0.1, -0.05) is 24.3 Å². The van der Waals surface area contributed by atoms with Crippen LogP contribution in [0, 0.1) is 5.92 Å². The predicted octanol–water partition coefficient (Wildman–Crippen LogP) is 3.15. The highest BCUT2D eigenvalue weighted by Crippen LogP contribution is 2.26. The Morgan fingerprint density at radius 1 is 1.06 bits per heavy atom. The largest absolute Gasteiger partial charge is 0.493 e. The average Bonchev–Trinajstić information content (AvgIpc) is 3.21. The molecule has 1 aromatic heterocycles. The third-order valence-electron chi connectivity index (χ3n) is 5.72. The summed E-state index contributed by atoms with van der Waals surface area (Å²) >= 11 is 0. The van der Waals surface area contributed by atoms with Crippen LogP contribution in [0.3, 0.4) is 0 Å². The number of para-hydroxylation sites is 1. The molecule has 1 atom stereocenters. The number of likely N-dealkylation sites (tertiary alicyclic amines) is 1. The van der Waals surface area contributed by atoms with E-state index >= 15 is 0 Å². The van der Waals surface area contributed by atoms with E-state index in [0.717, 1.165) is 49.2 Å². The Hall–Kier alpha value is -3.03. The first-order chi connectivity index (χ1) is 15.6. The van der Waals surface area contributed by atoms with E-state index in [1.165, 1.54) is 11.7 Å². The van der Waals surface area contributed by atoms with Crippen molar-refractivity contribution in [3.05, 3.63) is 60.8 Å². The molecule has 0 aliphatic carbocycles. The van der Waals surface area contributed by atoms with Crippen molar-refractivity contribution >= 4 is 16.9 Å². The standard InChI is InChI=1S/C25H30N2O5/c1-19(28)32-27-15-12-23-24(27)8-5-9-25(23)31-18-21(29)16-26-13-10-20(11-14-26)17-30-22-6-3-2-4-7-22/h2-9,12,15,20-21,29H,10-11,13-14,16-18H2,1H3. The van der Waals surface area contributed by atoms with Crippen LogP contribution in [0.5, 0.6) is 11.5 Å². The van der Waals surface area contributed by atoms with Crippen molar-refractivity contribution in [3.8, 4) is 11.5 Å². The number of hydrogen-bond acceptors (Lipinski definition) is 6. The van der Waals surface area contributed by atoms with Crippen LogP contribution in [0.25, 0.3) is 10.9 Å². The number of fused-ring (bicyclic) bond motifs is 1. The van der Waals surface area contributed by atoms with Crippen LogP contribution in [-0.2, 0) is 4.79 Å². The van der Waals surface area contributed by atoms with Gasteiger partial charge in [0.25, 0.3) is 0 Å². The molecule has 0 amide bonds. The van der Waals surface area contributed by atoms with Crippen LogP contribution in [0.2, 0.25) is 0 Å². The quantitative estimate of drug-likeness (QED) is 0.553. The average molecular weight is 439 g/mol. The van der Waals surface area contributed by atoms with E-state index in [1.54, 1.807) is 6.20 Å². The minimum Gasteiger partial charge on any atom is -0.493 e. The molecule has 7 nitrogen and oxygen atoms in total. The van der Waals surface area contributed by atoms with Gasteiger partial charge in [-0.3, -0.25) is 0 Å². The van der Waals surface area contributed by atoms with E-state index in [2.05, 4.69) is 4.90 Å². The number of carbonyl (C=O) groups is 1. The molecule has 2 heterocycles. The van der Waals surface area contributed by atoms with Crippen LogP contribution >= 0.6 is 0 Å². The van der Waals surface area contributed by atoms with Gasteiger partial charge in [0, 0.05) is 25.1 Å². The molecule has 32 heavy (non-hydrogen) atoms. The highest BCUT2D eigenvalue weighted by molar-refractivity contribution is 5.86. The van der Waals surface area contributed by atoms with Gasteiger partial charge >= 0.3 is 5.97 Å². The SMILES string of the molecule is CC(=O)On1ccc2c(OCC(O)CN3CCC(COc4ccccc4)CC3)cccc21. The van der Waals surface area contributed by atoms with Crippen LogP contribution in [0.4, 0.5) is 0 Å². The highest BCUT2D eigenvalue weighted by atomic mass is 16.7. The number of aromatic nitrogens is 1. The number of aliphatic hydroxyl groups excluding tert-OH is 1. The second kappa shape index (κ2) is 10.5. The maximum atomic E-state index is 11.2.